The van der Waals surface area contributed by atoms with Crippen LogP contribution in [0.5, 0.6) is 5.75 Å². The number of benzene rings is 1. The molecule has 4 heteroatoms. The van der Waals surface area contributed by atoms with Gasteiger partial charge in [-0.2, -0.15) is 0 Å². The van der Waals surface area contributed by atoms with Gasteiger partial charge in [0.05, 0.1) is 12.5 Å². The number of ether oxygens (including phenoxy) is 1. The van der Waals surface area contributed by atoms with Gasteiger partial charge in [0.25, 0.3) is 0 Å². The highest BCUT2D eigenvalue weighted by atomic mass is 16.5. The summed E-state index contributed by atoms with van der Waals surface area (Å²) >= 11 is 0. The lowest BCUT2D eigenvalue weighted by Gasteiger charge is -2.26. The Morgan fingerprint density at radius 3 is 2.68 bits per heavy atom. The van der Waals surface area contributed by atoms with Crippen LogP contribution in [-0.2, 0) is 10.2 Å². The van der Waals surface area contributed by atoms with Crippen molar-refractivity contribution in [3.8, 4) is 5.75 Å². The summed E-state index contributed by atoms with van der Waals surface area (Å²) in [4.78, 5) is 14.9. The Balaban J connectivity index is 2.26. The number of hydrogen-bond donors (Lipinski definition) is 2. The van der Waals surface area contributed by atoms with Gasteiger partial charge in [-0.3, -0.25) is 4.79 Å². The Morgan fingerprint density at radius 1 is 1.32 bits per heavy atom. The fraction of sp³-hybridized carbons (Fsp3) is 0.400. The molecule has 0 radical (unpaired) electrons. The normalized spacial score (nSPS) is 17.7. The molecular formula is C15H17NO3. The number of rotatable bonds is 3. The van der Waals surface area contributed by atoms with Crippen LogP contribution in [0.1, 0.15) is 31.2 Å². The molecule has 1 fully saturated rings. The number of hydrogen-bond acceptors (Lipinski definition) is 2. The first-order valence-corrected chi connectivity index (χ1v) is 6.57. The Bertz CT molecular complexity index is 623. The number of aromatic amines is 1. The van der Waals surface area contributed by atoms with Crippen molar-refractivity contribution < 1.29 is 14.6 Å². The number of methoxy groups -OCH3 is 1. The minimum absolute atomic E-state index is 0.689. The quantitative estimate of drug-likeness (QED) is 0.890. The molecule has 2 aromatic rings. The summed E-state index contributed by atoms with van der Waals surface area (Å²) in [7, 11) is 1.61. The van der Waals surface area contributed by atoms with Crippen molar-refractivity contribution in [2.45, 2.75) is 31.1 Å². The molecule has 0 saturated heterocycles. The first-order valence-electron chi connectivity index (χ1n) is 6.57. The molecule has 19 heavy (non-hydrogen) atoms. The first kappa shape index (κ1) is 12.1. The Kier molecular flexibility index (Phi) is 2.73. The SMILES string of the molecule is COc1c(C2(C(=O)O)CCCC2)ccc2[nH]ccc12. The number of aromatic nitrogens is 1. The lowest BCUT2D eigenvalue weighted by molar-refractivity contribution is -0.143. The number of aliphatic carboxylic acids is 1. The molecule has 3 rings (SSSR count). The molecule has 1 aliphatic carbocycles. The average molecular weight is 259 g/mol. The van der Waals surface area contributed by atoms with Gasteiger partial charge in [0.15, 0.2) is 0 Å². The van der Waals surface area contributed by atoms with Gasteiger partial charge < -0.3 is 14.8 Å². The number of carboxylic acid groups (broad SMARTS) is 1. The lowest BCUT2D eigenvalue weighted by Crippen LogP contribution is -2.33. The Morgan fingerprint density at radius 2 is 2.05 bits per heavy atom. The summed E-state index contributed by atoms with van der Waals surface area (Å²) < 4.78 is 5.52. The molecule has 1 aromatic carbocycles. The van der Waals surface area contributed by atoms with E-state index in [0.29, 0.717) is 18.6 Å². The van der Waals surface area contributed by atoms with Crippen LogP contribution in [0.15, 0.2) is 24.4 Å². The van der Waals surface area contributed by atoms with E-state index in [1.165, 1.54) is 0 Å². The molecule has 0 spiro atoms. The lowest BCUT2D eigenvalue weighted by atomic mass is 9.78. The molecule has 0 unspecified atom stereocenters. The van der Waals surface area contributed by atoms with Crippen molar-refractivity contribution in [1.29, 1.82) is 0 Å². The van der Waals surface area contributed by atoms with E-state index in [4.69, 9.17) is 4.74 Å². The monoisotopic (exact) mass is 259 g/mol. The van der Waals surface area contributed by atoms with Gasteiger partial charge in [0.1, 0.15) is 5.75 Å². The molecule has 1 aliphatic rings. The van der Waals surface area contributed by atoms with Crippen molar-refractivity contribution in [1.82, 2.24) is 4.98 Å². The van der Waals surface area contributed by atoms with E-state index in [-0.39, 0.29) is 0 Å². The zero-order valence-electron chi connectivity index (χ0n) is 10.9. The van der Waals surface area contributed by atoms with Gasteiger partial charge in [-0.25, -0.2) is 0 Å². The molecule has 1 aromatic heterocycles. The number of carbonyl (C=O) groups is 1. The first-order chi connectivity index (χ1) is 9.19. The zero-order chi connectivity index (χ0) is 13.5. The van der Waals surface area contributed by atoms with Crippen LogP contribution in [0.4, 0.5) is 0 Å². The van der Waals surface area contributed by atoms with Gasteiger partial charge in [-0.1, -0.05) is 18.9 Å². The van der Waals surface area contributed by atoms with Crippen LogP contribution >= 0.6 is 0 Å². The second kappa shape index (κ2) is 4.30. The summed E-state index contributed by atoms with van der Waals surface area (Å²) in [6, 6.07) is 5.77. The van der Waals surface area contributed by atoms with E-state index in [1.807, 2.05) is 24.4 Å². The molecule has 1 heterocycles. The van der Waals surface area contributed by atoms with E-state index < -0.39 is 11.4 Å². The molecule has 4 nitrogen and oxygen atoms in total. The highest BCUT2D eigenvalue weighted by molar-refractivity contribution is 5.91. The highest BCUT2D eigenvalue weighted by Gasteiger charge is 2.45. The van der Waals surface area contributed by atoms with E-state index in [2.05, 4.69) is 4.98 Å². The van der Waals surface area contributed by atoms with Crippen LogP contribution in [-0.4, -0.2) is 23.2 Å². The molecule has 0 bridgehead atoms. The van der Waals surface area contributed by atoms with Gasteiger partial charge in [0.2, 0.25) is 0 Å². The van der Waals surface area contributed by atoms with Crippen molar-refractivity contribution in [3.63, 3.8) is 0 Å². The summed E-state index contributed by atoms with van der Waals surface area (Å²) in [5, 5.41) is 10.6. The van der Waals surface area contributed by atoms with E-state index >= 15 is 0 Å². The highest BCUT2D eigenvalue weighted by Crippen LogP contribution is 2.46. The number of fused-ring (bicyclic) bond motifs is 1. The van der Waals surface area contributed by atoms with Crippen LogP contribution < -0.4 is 4.74 Å². The molecule has 0 amide bonds. The fourth-order valence-electron chi connectivity index (χ4n) is 3.28. The summed E-state index contributed by atoms with van der Waals surface area (Å²) in [6.07, 6.45) is 5.14. The van der Waals surface area contributed by atoms with Gasteiger partial charge in [0, 0.05) is 22.7 Å². The summed E-state index contributed by atoms with van der Waals surface area (Å²) in [5.74, 6) is -0.0405. The molecule has 0 atom stereocenters. The third-order valence-electron chi connectivity index (χ3n) is 4.27. The van der Waals surface area contributed by atoms with Crippen molar-refractivity contribution >= 4 is 16.9 Å². The predicted molar refractivity (Wildman–Crippen MR) is 72.6 cm³/mol. The number of carboxylic acids is 1. The summed E-state index contributed by atoms with van der Waals surface area (Å²) in [5.41, 5.74) is 1.00. The van der Waals surface area contributed by atoms with Gasteiger partial charge >= 0.3 is 5.97 Å². The van der Waals surface area contributed by atoms with Crippen molar-refractivity contribution in [3.05, 3.63) is 30.0 Å². The second-order valence-corrected chi connectivity index (χ2v) is 5.18. The van der Waals surface area contributed by atoms with Crippen molar-refractivity contribution in [2.24, 2.45) is 0 Å². The number of H-pyrrole nitrogens is 1. The van der Waals surface area contributed by atoms with Gasteiger partial charge in [-0.05, 0) is 25.0 Å². The second-order valence-electron chi connectivity index (χ2n) is 5.18. The number of nitrogens with one attached hydrogen (secondary N) is 1. The van der Waals surface area contributed by atoms with Crippen LogP contribution in [0.2, 0.25) is 0 Å². The third kappa shape index (κ3) is 1.63. The van der Waals surface area contributed by atoms with Crippen LogP contribution in [0.25, 0.3) is 10.9 Å². The zero-order valence-corrected chi connectivity index (χ0v) is 10.9. The topological polar surface area (TPSA) is 62.3 Å². The van der Waals surface area contributed by atoms with Gasteiger partial charge in [-0.15, -0.1) is 0 Å². The maximum Gasteiger partial charge on any atom is 0.314 e. The third-order valence-corrected chi connectivity index (χ3v) is 4.27. The average Bonchev–Trinajstić information content (AvgIpc) is 3.06. The largest absolute Gasteiger partial charge is 0.496 e. The van der Waals surface area contributed by atoms with Crippen LogP contribution in [0.3, 0.4) is 0 Å². The van der Waals surface area contributed by atoms with E-state index in [0.717, 1.165) is 29.3 Å². The standard InChI is InChI=1S/C15H17NO3/c1-19-13-10-6-9-16-12(10)5-4-11(13)15(14(17)18)7-2-3-8-15/h4-6,9,16H,2-3,7-8H2,1H3,(H,17,18). The van der Waals surface area contributed by atoms with Crippen molar-refractivity contribution in [2.75, 3.05) is 7.11 Å². The Labute approximate surface area is 111 Å². The minimum atomic E-state index is -0.781. The maximum absolute atomic E-state index is 11.8. The molecule has 2 N–H and O–H groups in total. The van der Waals surface area contributed by atoms with Crippen LogP contribution in [0, 0.1) is 0 Å². The van der Waals surface area contributed by atoms with E-state index in [9.17, 15) is 9.90 Å². The maximum atomic E-state index is 11.8. The molecular weight excluding hydrogens is 242 g/mol. The minimum Gasteiger partial charge on any atom is -0.496 e. The van der Waals surface area contributed by atoms with E-state index in [1.54, 1.807) is 7.11 Å². The molecule has 1 saturated carbocycles. The smallest absolute Gasteiger partial charge is 0.314 e. The Hall–Kier alpha value is -1.97. The fourth-order valence-corrected chi connectivity index (χ4v) is 3.28. The summed E-state index contributed by atoms with van der Waals surface area (Å²) in [6.45, 7) is 0. The molecule has 100 valence electrons. The molecule has 0 aliphatic heterocycles. The predicted octanol–water partition coefficient (Wildman–Crippen LogP) is 3.07.